The Labute approximate surface area is 171 Å². The molecule has 146 valence electrons. The minimum Gasteiger partial charge on any atom is -0.491 e. The Bertz CT molecular complexity index is 907. The number of ether oxygens (including phenoxy) is 3. The van der Waals surface area contributed by atoms with Crippen LogP contribution in [0.4, 0.5) is 5.69 Å². The van der Waals surface area contributed by atoms with Gasteiger partial charge in [0.1, 0.15) is 30.5 Å². The van der Waals surface area contributed by atoms with Crippen LogP contribution in [-0.4, -0.2) is 26.2 Å². The maximum atomic E-state index is 12.4. The van der Waals surface area contributed by atoms with Crippen molar-refractivity contribution in [1.82, 2.24) is 0 Å². The van der Waals surface area contributed by atoms with Gasteiger partial charge in [-0.1, -0.05) is 22.0 Å². The Morgan fingerprint density at radius 2 is 1.82 bits per heavy atom. The van der Waals surface area contributed by atoms with E-state index in [1.54, 1.807) is 37.4 Å². The van der Waals surface area contributed by atoms with Crippen LogP contribution in [0.15, 0.2) is 69.6 Å². The molecule has 28 heavy (non-hydrogen) atoms. The van der Waals surface area contributed by atoms with Crippen LogP contribution in [0.5, 0.6) is 11.5 Å². The quantitative estimate of drug-likeness (QED) is 0.474. The van der Waals surface area contributed by atoms with Gasteiger partial charge in [-0.2, -0.15) is 0 Å². The first-order valence-corrected chi connectivity index (χ1v) is 9.43. The van der Waals surface area contributed by atoms with Gasteiger partial charge in [-0.25, -0.2) is 0 Å². The SMILES string of the molecule is COCCOc1cccc(NC(=O)c2ccc(COc3ccc(Br)cc3)o2)c1. The molecular weight excluding hydrogens is 426 g/mol. The fourth-order valence-electron chi connectivity index (χ4n) is 2.36. The average molecular weight is 446 g/mol. The summed E-state index contributed by atoms with van der Waals surface area (Å²) in [4.78, 5) is 12.4. The first-order chi connectivity index (χ1) is 13.6. The lowest BCUT2D eigenvalue weighted by Crippen LogP contribution is -2.11. The molecule has 6 nitrogen and oxygen atoms in total. The number of halogens is 1. The molecule has 0 atom stereocenters. The molecule has 1 heterocycles. The van der Waals surface area contributed by atoms with Gasteiger partial charge in [-0.15, -0.1) is 0 Å². The molecule has 0 aliphatic rings. The summed E-state index contributed by atoms with van der Waals surface area (Å²) in [5.41, 5.74) is 0.615. The van der Waals surface area contributed by atoms with Crippen LogP contribution in [0.2, 0.25) is 0 Å². The van der Waals surface area contributed by atoms with E-state index in [1.165, 1.54) is 0 Å². The van der Waals surface area contributed by atoms with E-state index in [-0.39, 0.29) is 18.3 Å². The van der Waals surface area contributed by atoms with Crippen LogP contribution >= 0.6 is 15.9 Å². The largest absolute Gasteiger partial charge is 0.491 e. The summed E-state index contributed by atoms with van der Waals surface area (Å²) >= 11 is 3.38. The first kappa shape index (κ1) is 20.0. The van der Waals surface area contributed by atoms with Crippen molar-refractivity contribution in [2.75, 3.05) is 25.6 Å². The van der Waals surface area contributed by atoms with Gasteiger partial charge in [0, 0.05) is 23.3 Å². The van der Waals surface area contributed by atoms with Crippen LogP contribution in [0.3, 0.4) is 0 Å². The van der Waals surface area contributed by atoms with E-state index in [2.05, 4.69) is 21.2 Å². The molecule has 0 bridgehead atoms. The highest BCUT2D eigenvalue weighted by atomic mass is 79.9. The minimum atomic E-state index is -0.344. The third-order valence-corrected chi connectivity index (χ3v) is 4.26. The second-order valence-corrected chi connectivity index (χ2v) is 6.75. The third-order valence-electron chi connectivity index (χ3n) is 3.73. The van der Waals surface area contributed by atoms with Gasteiger partial charge in [0.25, 0.3) is 5.91 Å². The Morgan fingerprint density at radius 1 is 1.00 bits per heavy atom. The monoisotopic (exact) mass is 445 g/mol. The maximum Gasteiger partial charge on any atom is 0.291 e. The lowest BCUT2D eigenvalue weighted by molar-refractivity contribution is 0.0992. The Hall–Kier alpha value is -2.77. The van der Waals surface area contributed by atoms with Gasteiger partial charge in [-0.05, 0) is 48.5 Å². The number of rotatable bonds is 9. The van der Waals surface area contributed by atoms with E-state index in [1.807, 2.05) is 30.3 Å². The van der Waals surface area contributed by atoms with E-state index >= 15 is 0 Å². The van der Waals surface area contributed by atoms with Crippen molar-refractivity contribution in [2.45, 2.75) is 6.61 Å². The molecule has 1 amide bonds. The molecule has 0 fully saturated rings. The Morgan fingerprint density at radius 3 is 2.61 bits per heavy atom. The van der Waals surface area contributed by atoms with Crippen LogP contribution in [0, 0.1) is 0 Å². The molecule has 0 aliphatic heterocycles. The Kier molecular flexibility index (Phi) is 7.11. The number of carbonyl (C=O) groups excluding carboxylic acids is 1. The van der Waals surface area contributed by atoms with Crippen molar-refractivity contribution in [1.29, 1.82) is 0 Å². The number of methoxy groups -OCH3 is 1. The van der Waals surface area contributed by atoms with Gasteiger partial charge in [0.05, 0.1) is 6.61 Å². The normalized spacial score (nSPS) is 10.5. The number of hydrogen-bond donors (Lipinski definition) is 1. The van der Waals surface area contributed by atoms with E-state index in [0.717, 1.165) is 10.2 Å². The lowest BCUT2D eigenvalue weighted by atomic mass is 10.3. The number of hydrogen-bond acceptors (Lipinski definition) is 5. The first-order valence-electron chi connectivity index (χ1n) is 8.64. The molecule has 0 radical (unpaired) electrons. The number of anilines is 1. The number of nitrogens with one attached hydrogen (secondary N) is 1. The summed E-state index contributed by atoms with van der Waals surface area (Å²) in [5, 5.41) is 2.79. The van der Waals surface area contributed by atoms with Crippen molar-refractivity contribution >= 4 is 27.5 Å². The molecule has 0 saturated heterocycles. The van der Waals surface area contributed by atoms with E-state index < -0.39 is 0 Å². The molecule has 7 heteroatoms. The highest BCUT2D eigenvalue weighted by Crippen LogP contribution is 2.20. The molecule has 0 unspecified atom stereocenters. The molecular formula is C21H20BrNO5. The van der Waals surface area contributed by atoms with Crippen molar-refractivity contribution < 1.29 is 23.4 Å². The predicted octanol–water partition coefficient (Wildman–Crippen LogP) is 4.90. The van der Waals surface area contributed by atoms with Gasteiger partial charge >= 0.3 is 0 Å². The van der Waals surface area contributed by atoms with Crippen LogP contribution in [0.25, 0.3) is 0 Å². The molecule has 0 saturated carbocycles. The van der Waals surface area contributed by atoms with Crippen molar-refractivity contribution in [3.05, 3.63) is 76.7 Å². The molecule has 2 aromatic carbocycles. The van der Waals surface area contributed by atoms with Crippen molar-refractivity contribution in [3.63, 3.8) is 0 Å². The van der Waals surface area contributed by atoms with E-state index in [4.69, 9.17) is 18.6 Å². The highest BCUT2D eigenvalue weighted by molar-refractivity contribution is 9.10. The summed E-state index contributed by atoms with van der Waals surface area (Å²) in [7, 11) is 1.61. The van der Waals surface area contributed by atoms with Gasteiger partial charge in [0.2, 0.25) is 0 Å². The van der Waals surface area contributed by atoms with Gasteiger partial charge < -0.3 is 23.9 Å². The summed E-state index contributed by atoms with van der Waals surface area (Å²) in [6.07, 6.45) is 0. The Balaban J connectivity index is 1.55. The summed E-state index contributed by atoms with van der Waals surface area (Å²) in [6.45, 7) is 1.17. The van der Waals surface area contributed by atoms with Crippen molar-refractivity contribution in [2.24, 2.45) is 0 Å². The summed E-state index contributed by atoms with van der Waals surface area (Å²) in [6, 6.07) is 18.0. The zero-order valence-electron chi connectivity index (χ0n) is 15.3. The topological polar surface area (TPSA) is 69.9 Å². The van der Waals surface area contributed by atoms with Crippen molar-refractivity contribution in [3.8, 4) is 11.5 Å². The van der Waals surface area contributed by atoms with Crippen LogP contribution in [-0.2, 0) is 11.3 Å². The second kappa shape index (κ2) is 9.96. The molecule has 3 rings (SSSR count). The summed E-state index contributed by atoms with van der Waals surface area (Å²) < 4.78 is 22.7. The summed E-state index contributed by atoms with van der Waals surface area (Å²) in [5.74, 6) is 1.79. The standard InChI is InChI=1S/C21H20BrNO5/c1-25-11-12-26-18-4-2-3-16(13-18)23-21(24)20-10-9-19(28-20)14-27-17-7-5-15(22)6-8-17/h2-10,13H,11-12,14H2,1H3,(H,23,24). The number of amides is 1. The number of benzene rings is 2. The second-order valence-electron chi connectivity index (χ2n) is 5.83. The fraction of sp³-hybridized carbons (Fsp3) is 0.190. The van der Waals surface area contributed by atoms with Gasteiger partial charge in [0.15, 0.2) is 5.76 Å². The maximum absolute atomic E-state index is 12.4. The molecule has 3 aromatic rings. The van der Waals surface area contributed by atoms with Gasteiger partial charge in [-0.3, -0.25) is 4.79 Å². The zero-order chi connectivity index (χ0) is 19.8. The van der Waals surface area contributed by atoms with Crippen LogP contribution < -0.4 is 14.8 Å². The fourth-order valence-corrected chi connectivity index (χ4v) is 2.63. The number of furan rings is 1. The molecule has 0 aliphatic carbocycles. The van der Waals surface area contributed by atoms with E-state index in [9.17, 15) is 4.79 Å². The van der Waals surface area contributed by atoms with Crippen LogP contribution in [0.1, 0.15) is 16.3 Å². The highest BCUT2D eigenvalue weighted by Gasteiger charge is 2.12. The zero-order valence-corrected chi connectivity index (χ0v) is 16.9. The third kappa shape index (κ3) is 5.87. The lowest BCUT2D eigenvalue weighted by Gasteiger charge is -2.08. The molecule has 1 N–H and O–H groups in total. The number of carbonyl (C=O) groups is 1. The molecule has 1 aromatic heterocycles. The molecule has 0 spiro atoms. The predicted molar refractivity (Wildman–Crippen MR) is 109 cm³/mol. The average Bonchev–Trinajstić information content (AvgIpc) is 3.17. The minimum absolute atomic E-state index is 0.208. The van der Waals surface area contributed by atoms with E-state index in [0.29, 0.717) is 30.4 Å². The smallest absolute Gasteiger partial charge is 0.291 e.